The smallest absolute Gasteiger partial charge is 0.344 e. The molecule has 44 heavy (non-hydrogen) atoms. The van der Waals surface area contributed by atoms with E-state index in [9.17, 15) is 9.59 Å². The largest absolute Gasteiger partial charge is 0.482 e. The molecule has 0 fully saturated rings. The highest BCUT2D eigenvalue weighted by Gasteiger charge is 2.20. The van der Waals surface area contributed by atoms with E-state index in [0.29, 0.717) is 37.7 Å². The number of pyridine rings is 1. The average molecular weight is 603 g/mol. The molecular weight excluding hydrogens is 556 g/mol. The number of imidazole rings is 1. The maximum absolute atomic E-state index is 13.5. The molecule has 0 radical (unpaired) electrons. The first-order valence-electron chi connectivity index (χ1n) is 15.6. The number of aromatic nitrogens is 3. The number of hydrogen-bond acceptors (Lipinski definition) is 8. The van der Waals surface area contributed by atoms with Gasteiger partial charge in [0.2, 0.25) is 5.91 Å². The summed E-state index contributed by atoms with van der Waals surface area (Å²) in [5.74, 6) is 1.64. The van der Waals surface area contributed by atoms with Crippen LogP contribution in [0.2, 0.25) is 0 Å². The Morgan fingerprint density at radius 1 is 1.05 bits per heavy atom. The highest BCUT2D eigenvalue weighted by molar-refractivity contribution is 6.06. The SMILES string of the molecule is CCCCc1nc2c(N)nc3ccccc3c2n1CCCN(Cc1cccc(OCC(=O)OC(C)C)c1)C(=O)CN(C)CC. The van der Waals surface area contributed by atoms with Crippen molar-refractivity contribution in [1.82, 2.24) is 24.3 Å². The third-order valence-electron chi connectivity index (χ3n) is 7.55. The Hall–Kier alpha value is -4.18. The van der Waals surface area contributed by atoms with Crippen molar-refractivity contribution in [1.29, 1.82) is 0 Å². The van der Waals surface area contributed by atoms with Crippen molar-refractivity contribution < 1.29 is 19.1 Å². The van der Waals surface area contributed by atoms with E-state index in [-0.39, 0.29) is 18.6 Å². The molecular formula is C34H46N6O4. The predicted molar refractivity (Wildman–Crippen MR) is 174 cm³/mol. The molecule has 0 aliphatic heterocycles. The first-order chi connectivity index (χ1) is 21.2. The highest BCUT2D eigenvalue weighted by atomic mass is 16.6. The summed E-state index contributed by atoms with van der Waals surface area (Å²) >= 11 is 0. The van der Waals surface area contributed by atoms with Crippen molar-refractivity contribution >= 4 is 39.6 Å². The van der Waals surface area contributed by atoms with E-state index in [1.165, 1.54) is 0 Å². The van der Waals surface area contributed by atoms with E-state index in [0.717, 1.165) is 65.6 Å². The lowest BCUT2D eigenvalue weighted by Gasteiger charge is -2.26. The number of unbranched alkanes of at least 4 members (excludes halogenated alkanes) is 1. The van der Waals surface area contributed by atoms with Crippen LogP contribution in [-0.4, -0.2) is 75.6 Å². The van der Waals surface area contributed by atoms with E-state index in [1.54, 1.807) is 19.9 Å². The van der Waals surface area contributed by atoms with Crippen LogP contribution < -0.4 is 10.5 Å². The second-order valence-corrected chi connectivity index (χ2v) is 11.5. The number of para-hydroxylation sites is 1. The van der Waals surface area contributed by atoms with Crippen molar-refractivity contribution in [2.45, 2.75) is 72.6 Å². The maximum atomic E-state index is 13.5. The number of carbonyl (C=O) groups excluding carboxylic acids is 2. The number of hydrogen-bond donors (Lipinski definition) is 1. The zero-order valence-corrected chi connectivity index (χ0v) is 26.7. The van der Waals surface area contributed by atoms with Crippen LogP contribution in [0.25, 0.3) is 21.9 Å². The third kappa shape index (κ3) is 8.47. The van der Waals surface area contributed by atoms with Crippen LogP contribution in [0.5, 0.6) is 5.75 Å². The number of nitrogens with zero attached hydrogens (tertiary/aromatic N) is 5. The number of aryl methyl sites for hydroxylation is 2. The van der Waals surface area contributed by atoms with Crippen molar-refractivity contribution in [3.8, 4) is 5.75 Å². The van der Waals surface area contributed by atoms with Crippen molar-refractivity contribution in [2.24, 2.45) is 0 Å². The molecule has 2 aromatic heterocycles. The second-order valence-electron chi connectivity index (χ2n) is 11.5. The molecule has 0 bridgehead atoms. The Kier molecular flexibility index (Phi) is 11.5. The number of likely N-dealkylation sites (N-methyl/N-ethyl adjacent to an activating group) is 1. The number of carbonyl (C=O) groups is 2. The lowest BCUT2D eigenvalue weighted by molar-refractivity contribution is -0.149. The molecule has 0 aliphatic carbocycles. The molecule has 10 nitrogen and oxygen atoms in total. The summed E-state index contributed by atoms with van der Waals surface area (Å²) in [6.07, 6.45) is 3.47. The Bertz CT molecular complexity index is 1570. The van der Waals surface area contributed by atoms with Gasteiger partial charge in [0.25, 0.3) is 0 Å². The molecule has 0 aliphatic rings. The van der Waals surface area contributed by atoms with Gasteiger partial charge in [-0.1, -0.05) is 50.6 Å². The Morgan fingerprint density at radius 3 is 2.59 bits per heavy atom. The number of fused-ring (bicyclic) bond motifs is 3. The minimum atomic E-state index is -0.416. The van der Waals surface area contributed by atoms with Crippen molar-refractivity contribution in [3.63, 3.8) is 0 Å². The normalized spacial score (nSPS) is 11.5. The van der Waals surface area contributed by atoms with Crippen LogP contribution in [0.4, 0.5) is 5.82 Å². The summed E-state index contributed by atoms with van der Waals surface area (Å²) in [5.41, 5.74) is 9.90. The van der Waals surface area contributed by atoms with Crippen LogP contribution >= 0.6 is 0 Å². The molecule has 0 unspecified atom stereocenters. The molecule has 0 saturated heterocycles. The predicted octanol–water partition coefficient (Wildman–Crippen LogP) is 5.21. The molecule has 0 saturated carbocycles. The lowest BCUT2D eigenvalue weighted by atomic mass is 10.1. The number of nitrogens with two attached hydrogens (primary N) is 1. The van der Waals surface area contributed by atoms with Gasteiger partial charge < -0.3 is 24.7 Å². The lowest BCUT2D eigenvalue weighted by Crippen LogP contribution is -2.39. The van der Waals surface area contributed by atoms with Gasteiger partial charge >= 0.3 is 5.97 Å². The number of esters is 1. The quantitative estimate of drug-likeness (QED) is 0.174. The molecule has 4 aromatic rings. The Morgan fingerprint density at radius 2 is 1.84 bits per heavy atom. The average Bonchev–Trinajstić information content (AvgIpc) is 3.37. The summed E-state index contributed by atoms with van der Waals surface area (Å²) in [4.78, 5) is 38.9. The summed E-state index contributed by atoms with van der Waals surface area (Å²) in [6.45, 7) is 10.4. The van der Waals surface area contributed by atoms with Gasteiger partial charge in [-0.05, 0) is 64.0 Å². The third-order valence-corrected chi connectivity index (χ3v) is 7.55. The molecule has 1 amide bonds. The molecule has 2 aromatic carbocycles. The van der Waals surface area contributed by atoms with E-state index in [1.807, 2.05) is 60.2 Å². The van der Waals surface area contributed by atoms with Gasteiger partial charge in [0.15, 0.2) is 12.4 Å². The fourth-order valence-corrected chi connectivity index (χ4v) is 5.22. The molecule has 2 N–H and O–H groups in total. The van der Waals surface area contributed by atoms with Gasteiger partial charge in [-0.15, -0.1) is 0 Å². The summed E-state index contributed by atoms with van der Waals surface area (Å²) in [6, 6.07) is 15.5. The summed E-state index contributed by atoms with van der Waals surface area (Å²) in [5, 5.41) is 1.03. The van der Waals surface area contributed by atoms with Gasteiger partial charge in [0.05, 0.1) is 23.7 Å². The van der Waals surface area contributed by atoms with Gasteiger partial charge in [0, 0.05) is 31.4 Å². The number of amides is 1. The first kappa shape index (κ1) is 32.7. The fourth-order valence-electron chi connectivity index (χ4n) is 5.22. The standard InChI is InChI=1S/C34H46N6O4/c1-6-8-17-29-37-32-33(27-15-9-10-16-28(27)36-34(32)35)40(29)19-12-18-39(30(41)22-38(5)7-2)21-25-13-11-14-26(20-25)43-23-31(42)44-24(3)4/h9-11,13-16,20,24H,6-8,12,17-19,21-23H2,1-5H3,(H2,35,36). The number of benzene rings is 2. The van der Waals surface area contributed by atoms with Gasteiger partial charge in [0.1, 0.15) is 17.1 Å². The Labute approximate surface area is 260 Å². The highest BCUT2D eigenvalue weighted by Crippen LogP contribution is 2.29. The monoisotopic (exact) mass is 602 g/mol. The minimum absolute atomic E-state index is 0.0572. The van der Waals surface area contributed by atoms with Crippen molar-refractivity contribution in [2.75, 3.05) is 39.0 Å². The maximum Gasteiger partial charge on any atom is 0.344 e. The van der Waals surface area contributed by atoms with E-state index >= 15 is 0 Å². The minimum Gasteiger partial charge on any atom is -0.482 e. The number of rotatable bonds is 16. The number of nitrogen functional groups attached to an aromatic ring is 1. The zero-order chi connectivity index (χ0) is 31.6. The second kappa shape index (κ2) is 15.5. The van der Waals surface area contributed by atoms with E-state index in [4.69, 9.17) is 20.2 Å². The topological polar surface area (TPSA) is 116 Å². The number of ether oxygens (including phenoxy) is 2. The van der Waals surface area contributed by atoms with Crippen molar-refractivity contribution in [3.05, 3.63) is 59.9 Å². The summed E-state index contributed by atoms with van der Waals surface area (Å²) in [7, 11) is 1.95. The van der Waals surface area contributed by atoms with E-state index in [2.05, 4.69) is 22.5 Å². The van der Waals surface area contributed by atoms with Gasteiger partial charge in [-0.3, -0.25) is 9.69 Å². The van der Waals surface area contributed by atoms with Gasteiger partial charge in [-0.2, -0.15) is 0 Å². The van der Waals surface area contributed by atoms with Gasteiger partial charge in [-0.25, -0.2) is 14.8 Å². The first-order valence-corrected chi connectivity index (χ1v) is 15.6. The summed E-state index contributed by atoms with van der Waals surface area (Å²) < 4.78 is 13.1. The zero-order valence-electron chi connectivity index (χ0n) is 26.7. The van der Waals surface area contributed by atoms with Crippen LogP contribution in [0.1, 0.15) is 58.3 Å². The molecule has 0 spiro atoms. The van der Waals surface area contributed by atoms with Crippen LogP contribution in [0.3, 0.4) is 0 Å². The van der Waals surface area contributed by atoms with E-state index < -0.39 is 5.97 Å². The fraction of sp³-hybridized carbons (Fsp3) is 0.471. The van der Waals surface area contributed by atoms with Crippen LogP contribution in [0, 0.1) is 0 Å². The molecule has 10 heteroatoms. The molecule has 2 heterocycles. The number of anilines is 1. The van der Waals surface area contributed by atoms with Crippen LogP contribution in [-0.2, 0) is 33.8 Å². The Balaban J connectivity index is 1.55. The molecule has 236 valence electrons. The molecule has 4 rings (SSSR count). The molecule has 0 atom stereocenters. The van der Waals surface area contributed by atoms with Crippen LogP contribution in [0.15, 0.2) is 48.5 Å².